The molecule has 1 aromatic carbocycles. The van der Waals surface area contributed by atoms with E-state index in [9.17, 15) is 9.59 Å². The Kier molecular flexibility index (Phi) is 6.15. The van der Waals surface area contributed by atoms with Crippen molar-refractivity contribution in [2.75, 3.05) is 13.7 Å². The minimum Gasteiger partial charge on any atom is -0.478 e. The molecule has 23 heavy (non-hydrogen) atoms. The number of halogens is 1. The monoisotopic (exact) mass is 353 g/mol. The fourth-order valence-electron chi connectivity index (χ4n) is 2.20. The number of esters is 1. The summed E-state index contributed by atoms with van der Waals surface area (Å²) in [4.78, 5) is 23.8. The predicted molar refractivity (Wildman–Crippen MR) is 89.2 cm³/mol. The van der Waals surface area contributed by atoms with Gasteiger partial charge < -0.3 is 15.2 Å². The third kappa shape index (κ3) is 4.31. The molecule has 0 amide bonds. The van der Waals surface area contributed by atoms with Gasteiger partial charge in [0.05, 0.1) is 12.7 Å². The van der Waals surface area contributed by atoms with Gasteiger partial charge in [-0.2, -0.15) is 0 Å². The molecule has 5 nitrogen and oxygen atoms in total. The Morgan fingerprint density at radius 2 is 2.09 bits per heavy atom. The van der Waals surface area contributed by atoms with Crippen LogP contribution in [0, 0.1) is 0 Å². The number of carboxylic acids is 1. The average Bonchev–Trinajstić information content (AvgIpc) is 3.00. The van der Waals surface area contributed by atoms with E-state index in [0.717, 1.165) is 4.88 Å². The summed E-state index contributed by atoms with van der Waals surface area (Å²) in [5.74, 6) is -1.39. The van der Waals surface area contributed by atoms with E-state index in [1.54, 1.807) is 35.7 Å². The molecule has 122 valence electrons. The van der Waals surface area contributed by atoms with Gasteiger partial charge in [-0.25, -0.2) is 9.59 Å². The lowest BCUT2D eigenvalue weighted by Gasteiger charge is -2.18. The van der Waals surface area contributed by atoms with Crippen molar-refractivity contribution in [3.05, 3.63) is 56.7 Å². The van der Waals surface area contributed by atoms with Crippen LogP contribution >= 0.6 is 22.9 Å². The van der Waals surface area contributed by atoms with Crippen molar-refractivity contribution in [1.29, 1.82) is 0 Å². The molecule has 1 unspecified atom stereocenters. The third-order valence-electron chi connectivity index (χ3n) is 3.33. The summed E-state index contributed by atoms with van der Waals surface area (Å²) in [6.07, 6.45) is 0.497. The second-order valence-electron chi connectivity index (χ2n) is 4.74. The van der Waals surface area contributed by atoms with Gasteiger partial charge in [0.1, 0.15) is 6.04 Å². The van der Waals surface area contributed by atoms with Gasteiger partial charge in [0.15, 0.2) is 0 Å². The molecular weight excluding hydrogens is 338 g/mol. The van der Waals surface area contributed by atoms with E-state index >= 15 is 0 Å². The number of carbonyl (C=O) groups excluding carboxylic acids is 1. The quantitative estimate of drug-likeness (QED) is 0.748. The molecule has 2 N–H and O–H groups in total. The second-order valence-corrected chi connectivity index (χ2v) is 6.15. The van der Waals surface area contributed by atoms with Crippen molar-refractivity contribution in [3.8, 4) is 0 Å². The second kappa shape index (κ2) is 8.10. The lowest BCUT2D eigenvalue weighted by molar-refractivity contribution is -0.143. The third-order valence-corrected chi connectivity index (χ3v) is 4.65. The molecule has 0 aliphatic rings. The number of aromatic carboxylic acids is 1. The highest BCUT2D eigenvalue weighted by molar-refractivity contribution is 7.10. The van der Waals surface area contributed by atoms with Gasteiger partial charge in [0, 0.05) is 16.4 Å². The van der Waals surface area contributed by atoms with E-state index in [2.05, 4.69) is 5.32 Å². The summed E-state index contributed by atoms with van der Waals surface area (Å²) >= 11 is 7.52. The molecule has 0 aliphatic carbocycles. The Morgan fingerprint density at radius 1 is 1.35 bits per heavy atom. The van der Waals surface area contributed by atoms with E-state index in [4.69, 9.17) is 21.4 Å². The first-order valence-corrected chi connectivity index (χ1v) is 8.15. The first-order chi connectivity index (χ1) is 11.0. The number of hydrogen-bond acceptors (Lipinski definition) is 5. The maximum Gasteiger partial charge on any atom is 0.336 e. The molecule has 0 saturated carbocycles. The number of methoxy groups -OCH3 is 1. The molecular formula is C16H16ClNO4S. The minimum absolute atomic E-state index is 0.296. The minimum atomic E-state index is -0.947. The maximum atomic E-state index is 12.0. The van der Waals surface area contributed by atoms with Gasteiger partial charge in [-0.1, -0.05) is 29.8 Å². The first kappa shape index (κ1) is 17.5. The van der Waals surface area contributed by atoms with Crippen LogP contribution in [0.5, 0.6) is 0 Å². The highest BCUT2D eigenvalue weighted by Crippen LogP contribution is 2.24. The van der Waals surface area contributed by atoms with Crippen molar-refractivity contribution in [3.63, 3.8) is 0 Å². The molecule has 0 spiro atoms. The number of rotatable bonds is 7. The predicted octanol–water partition coefficient (Wildman–Crippen LogP) is 3.15. The van der Waals surface area contributed by atoms with Crippen LogP contribution in [-0.2, 0) is 16.0 Å². The summed E-state index contributed by atoms with van der Waals surface area (Å²) in [5.41, 5.74) is 0.926. The fraction of sp³-hybridized carbons (Fsp3) is 0.250. The molecule has 2 rings (SSSR count). The number of thiophene rings is 1. The zero-order chi connectivity index (χ0) is 16.8. The molecule has 1 heterocycles. The van der Waals surface area contributed by atoms with Gasteiger partial charge in [0.25, 0.3) is 0 Å². The summed E-state index contributed by atoms with van der Waals surface area (Å²) in [5, 5.41) is 14.4. The molecule has 0 aliphatic heterocycles. The Morgan fingerprint density at radius 3 is 2.74 bits per heavy atom. The average molecular weight is 354 g/mol. The van der Waals surface area contributed by atoms with Crippen LogP contribution in [0.1, 0.15) is 26.8 Å². The van der Waals surface area contributed by atoms with Gasteiger partial charge in [-0.15, -0.1) is 11.3 Å². The van der Waals surface area contributed by atoms with Crippen LogP contribution in [0.25, 0.3) is 0 Å². The Hall–Kier alpha value is -1.89. The maximum absolute atomic E-state index is 12.0. The van der Waals surface area contributed by atoms with Crippen molar-refractivity contribution in [1.82, 2.24) is 5.32 Å². The van der Waals surface area contributed by atoms with Crippen LogP contribution < -0.4 is 5.32 Å². The van der Waals surface area contributed by atoms with Gasteiger partial charge in [-0.3, -0.25) is 0 Å². The zero-order valence-electron chi connectivity index (χ0n) is 12.4. The van der Waals surface area contributed by atoms with E-state index < -0.39 is 18.0 Å². The van der Waals surface area contributed by atoms with E-state index in [1.807, 2.05) is 0 Å². The number of hydrogen-bond donors (Lipinski definition) is 2. The molecule has 7 heteroatoms. The van der Waals surface area contributed by atoms with Crippen molar-refractivity contribution < 1.29 is 19.4 Å². The summed E-state index contributed by atoms with van der Waals surface area (Å²) in [7, 11) is 1.32. The van der Waals surface area contributed by atoms with Crippen LogP contribution in [-0.4, -0.2) is 30.7 Å². The molecule has 0 fully saturated rings. The highest BCUT2D eigenvalue weighted by atomic mass is 35.5. The van der Waals surface area contributed by atoms with E-state index in [1.165, 1.54) is 18.4 Å². The van der Waals surface area contributed by atoms with Gasteiger partial charge in [-0.05, 0) is 29.5 Å². The highest BCUT2D eigenvalue weighted by Gasteiger charge is 2.23. The normalized spacial score (nSPS) is 11.9. The smallest absolute Gasteiger partial charge is 0.336 e. The summed E-state index contributed by atoms with van der Waals surface area (Å²) in [6, 6.07) is 7.92. The first-order valence-electron chi connectivity index (χ1n) is 6.90. The standard InChI is InChI=1S/C16H16ClNO4S/c1-22-16(21)14(10-4-2-3-5-12(10)17)18-8-6-13-11(15(19)20)7-9-23-13/h2-5,7,9,14,18H,6,8H2,1H3,(H,19,20). The SMILES string of the molecule is COC(=O)C(NCCc1sccc1C(=O)O)c1ccccc1Cl. The van der Waals surface area contributed by atoms with Crippen molar-refractivity contribution in [2.24, 2.45) is 0 Å². The van der Waals surface area contributed by atoms with Crippen LogP contribution in [0.15, 0.2) is 35.7 Å². The lowest BCUT2D eigenvalue weighted by atomic mass is 10.1. The summed E-state index contributed by atoms with van der Waals surface area (Å²) < 4.78 is 4.82. The Bertz CT molecular complexity index is 701. The van der Waals surface area contributed by atoms with Gasteiger partial charge >= 0.3 is 11.9 Å². The Balaban J connectivity index is 2.08. The van der Waals surface area contributed by atoms with E-state index in [0.29, 0.717) is 29.1 Å². The Labute approximate surface area is 142 Å². The molecule has 0 radical (unpaired) electrons. The molecule has 1 aromatic heterocycles. The summed E-state index contributed by atoms with van der Waals surface area (Å²) in [6.45, 7) is 0.422. The van der Waals surface area contributed by atoms with Crippen LogP contribution in [0.3, 0.4) is 0 Å². The number of nitrogens with one attached hydrogen (secondary N) is 1. The number of benzene rings is 1. The van der Waals surface area contributed by atoms with Crippen molar-refractivity contribution in [2.45, 2.75) is 12.5 Å². The number of ether oxygens (including phenoxy) is 1. The number of carbonyl (C=O) groups is 2. The topological polar surface area (TPSA) is 75.6 Å². The largest absolute Gasteiger partial charge is 0.478 e. The van der Waals surface area contributed by atoms with Gasteiger partial charge in [0.2, 0.25) is 0 Å². The fourth-order valence-corrected chi connectivity index (χ4v) is 3.32. The van der Waals surface area contributed by atoms with Crippen molar-refractivity contribution >= 4 is 34.9 Å². The number of carboxylic acid groups (broad SMARTS) is 1. The molecule has 0 saturated heterocycles. The lowest BCUT2D eigenvalue weighted by Crippen LogP contribution is -2.31. The van der Waals surface area contributed by atoms with Crippen LogP contribution in [0.4, 0.5) is 0 Å². The van der Waals surface area contributed by atoms with Crippen LogP contribution in [0.2, 0.25) is 5.02 Å². The molecule has 0 bridgehead atoms. The molecule has 1 atom stereocenters. The zero-order valence-corrected chi connectivity index (χ0v) is 14.0. The molecule has 2 aromatic rings. The van der Waals surface area contributed by atoms with E-state index in [-0.39, 0.29) is 0 Å².